The van der Waals surface area contributed by atoms with Crippen molar-refractivity contribution in [1.82, 2.24) is 5.32 Å². The maximum absolute atomic E-state index is 11.7. The standard InChI is InChI=1S/C15H18N2O3/c18-15(16-8-7-11-3-1-2-4-11)17-12-5-6-13-14(9-12)20-10-19-13/h5-9,11H,1-4,10H2,(H2,16,17,18)/b8-7+. The van der Waals surface area contributed by atoms with E-state index in [1.807, 2.05) is 0 Å². The van der Waals surface area contributed by atoms with Crippen LogP contribution in [0.3, 0.4) is 0 Å². The Morgan fingerprint density at radius 1 is 1.20 bits per heavy atom. The summed E-state index contributed by atoms with van der Waals surface area (Å²) in [5.41, 5.74) is 0.681. The Labute approximate surface area is 118 Å². The predicted octanol–water partition coefficient (Wildman–Crippen LogP) is 3.24. The summed E-state index contributed by atoms with van der Waals surface area (Å²) < 4.78 is 10.5. The Morgan fingerprint density at radius 3 is 2.85 bits per heavy atom. The van der Waals surface area contributed by atoms with Crippen LogP contribution in [-0.2, 0) is 0 Å². The minimum Gasteiger partial charge on any atom is -0.454 e. The fourth-order valence-electron chi connectivity index (χ4n) is 2.55. The summed E-state index contributed by atoms with van der Waals surface area (Å²) in [5.74, 6) is 1.97. The number of hydrogen-bond acceptors (Lipinski definition) is 3. The van der Waals surface area contributed by atoms with E-state index in [0.717, 1.165) is 0 Å². The molecule has 0 saturated heterocycles. The lowest BCUT2D eigenvalue weighted by atomic mass is 10.1. The van der Waals surface area contributed by atoms with Crippen LogP contribution in [0.1, 0.15) is 25.7 Å². The summed E-state index contributed by atoms with van der Waals surface area (Å²) in [5, 5.41) is 5.48. The second-order valence-electron chi connectivity index (χ2n) is 5.07. The second-order valence-corrected chi connectivity index (χ2v) is 5.07. The minimum absolute atomic E-state index is 0.231. The van der Waals surface area contributed by atoms with Gasteiger partial charge in [0.05, 0.1) is 0 Å². The van der Waals surface area contributed by atoms with Gasteiger partial charge in [0.25, 0.3) is 0 Å². The van der Waals surface area contributed by atoms with Crippen LogP contribution in [0, 0.1) is 5.92 Å². The van der Waals surface area contributed by atoms with Crippen molar-refractivity contribution in [2.24, 2.45) is 5.92 Å². The van der Waals surface area contributed by atoms with Gasteiger partial charge in [-0.3, -0.25) is 0 Å². The van der Waals surface area contributed by atoms with Crippen LogP contribution in [-0.4, -0.2) is 12.8 Å². The first kappa shape index (κ1) is 12.8. The van der Waals surface area contributed by atoms with E-state index in [0.29, 0.717) is 23.1 Å². The third-order valence-electron chi connectivity index (χ3n) is 3.61. The molecular formula is C15H18N2O3. The minimum atomic E-state index is -0.252. The van der Waals surface area contributed by atoms with Crippen molar-refractivity contribution in [2.45, 2.75) is 25.7 Å². The molecule has 0 spiro atoms. The van der Waals surface area contributed by atoms with Crippen LogP contribution in [0.25, 0.3) is 0 Å². The van der Waals surface area contributed by atoms with Gasteiger partial charge < -0.3 is 20.1 Å². The molecule has 0 radical (unpaired) electrons. The Hall–Kier alpha value is -2.17. The van der Waals surface area contributed by atoms with Gasteiger partial charge >= 0.3 is 6.03 Å². The summed E-state index contributed by atoms with van der Waals surface area (Å²) in [4.78, 5) is 11.7. The second kappa shape index (κ2) is 5.86. The number of hydrogen-bond donors (Lipinski definition) is 2. The lowest BCUT2D eigenvalue weighted by Gasteiger charge is -2.06. The van der Waals surface area contributed by atoms with E-state index in [2.05, 4.69) is 16.7 Å². The summed E-state index contributed by atoms with van der Waals surface area (Å²) in [6.45, 7) is 0.231. The number of benzene rings is 1. The first-order chi connectivity index (χ1) is 9.81. The van der Waals surface area contributed by atoms with Crippen molar-refractivity contribution in [3.8, 4) is 11.5 Å². The van der Waals surface area contributed by atoms with Gasteiger partial charge in [0.2, 0.25) is 6.79 Å². The molecule has 2 N–H and O–H groups in total. The quantitative estimate of drug-likeness (QED) is 0.889. The van der Waals surface area contributed by atoms with Crippen LogP contribution in [0.4, 0.5) is 10.5 Å². The fraction of sp³-hybridized carbons (Fsp3) is 0.400. The highest BCUT2D eigenvalue weighted by atomic mass is 16.7. The smallest absolute Gasteiger partial charge is 0.323 e. The van der Waals surface area contributed by atoms with Crippen molar-refractivity contribution < 1.29 is 14.3 Å². The van der Waals surface area contributed by atoms with E-state index < -0.39 is 0 Å². The van der Waals surface area contributed by atoms with Crippen LogP contribution >= 0.6 is 0 Å². The van der Waals surface area contributed by atoms with E-state index in [1.54, 1.807) is 24.4 Å². The highest BCUT2D eigenvalue weighted by Gasteiger charge is 2.14. The number of nitrogens with one attached hydrogen (secondary N) is 2. The molecule has 1 heterocycles. The van der Waals surface area contributed by atoms with Crippen molar-refractivity contribution in [1.29, 1.82) is 0 Å². The first-order valence-corrected chi connectivity index (χ1v) is 6.95. The Kier molecular flexibility index (Phi) is 3.76. The molecule has 5 heteroatoms. The van der Waals surface area contributed by atoms with Crippen LogP contribution < -0.4 is 20.1 Å². The molecule has 3 rings (SSSR count). The highest BCUT2D eigenvalue weighted by Crippen LogP contribution is 2.34. The zero-order valence-electron chi connectivity index (χ0n) is 11.2. The molecule has 5 nitrogen and oxygen atoms in total. The topological polar surface area (TPSA) is 59.6 Å². The number of fused-ring (bicyclic) bond motifs is 1. The van der Waals surface area contributed by atoms with Gasteiger partial charge in [-0.15, -0.1) is 0 Å². The molecule has 0 bridgehead atoms. The third-order valence-corrected chi connectivity index (χ3v) is 3.61. The number of allylic oxidation sites excluding steroid dienone is 1. The van der Waals surface area contributed by atoms with Gasteiger partial charge in [-0.1, -0.05) is 18.9 Å². The van der Waals surface area contributed by atoms with Crippen molar-refractivity contribution in [2.75, 3.05) is 12.1 Å². The molecule has 1 aliphatic carbocycles. The van der Waals surface area contributed by atoms with Gasteiger partial charge in [0.15, 0.2) is 11.5 Å². The average Bonchev–Trinajstić information content (AvgIpc) is 3.08. The normalized spacial score (nSPS) is 17.6. The largest absolute Gasteiger partial charge is 0.454 e. The summed E-state index contributed by atoms with van der Waals surface area (Å²) in [6, 6.07) is 5.07. The summed E-state index contributed by atoms with van der Waals surface area (Å²) in [7, 11) is 0. The Bertz CT molecular complexity index is 522. The molecule has 20 heavy (non-hydrogen) atoms. The lowest BCUT2D eigenvalue weighted by Crippen LogP contribution is -2.23. The molecular weight excluding hydrogens is 256 g/mol. The van der Waals surface area contributed by atoms with E-state index >= 15 is 0 Å². The van der Waals surface area contributed by atoms with E-state index in [-0.39, 0.29) is 12.8 Å². The molecule has 2 amide bonds. The number of urea groups is 1. The summed E-state index contributed by atoms with van der Waals surface area (Å²) in [6.07, 6.45) is 8.84. The van der Waals surface area contributed by atoms with Gasteiger partial charge in [0, 0.05) is 18.0 Å². The number of carbonyl (C=O) groups excluding carboxylic acids is 1. The molecule has 1 aromatic rings. The predicted molar refractivity (Wildman–Crippen MR) is 75.8 cm³/mol. The number of anilines is 1. The molecule has 1 aliphatic heterocycles. The zero-order valence-corrected chi connectivity index (χ0v) is 11.2. The summed E-state index contributed by atoms with van der Waals surface area (Å²) >= 11 is 0. The zero-order chi connectivity index (χ0) is 13.8. The molecule has 1 fully saturated rings. The van der Waals surface area contributed by atoms with Gasteiger partial charge in [-0.05, 0) is 30.9 Å². The van der Waals surface area contributed by atoms with Gasteiger partial charge in [0.1, 0.15) is 0 Å². The van der Waals surface area contributed by atoms with E-state index in [4.69, 9.17) is 9.47 Å². The number of amides is 2. The van der Waals surface area contributed by atoms with E-state index in [9.17, 15) is 4.79 Å². The van der Waals surface area contributed by atoms with Gasteiger partial charge in [-0.25, -0.2) is 4.79 Å². The van der Waals surface area contributed by atoms with Crippen molar-refractivity contribution in [3.05, 3.63) is 30.5 Å². The molecule has 0 aromatic heterocycles. The molecule has 1 aromatic carbocycles. The van der Waals surface area contributed by atoms with E-state index in [1.165, 1.54) is 25.7 Å². The van der Waals surface area contributed by atoms with Gasteiger partial charge in [-0.2, -0.15) is 0 Å². The maximum Gasteiger partial charge on any atom is 0.323 e. The fourth-order valence-corrected chi connectivity index (χ4v) is 2.55. The lowest BCUT2D eigenvalue weighted by molar-refractivity contribution is 0.174. The van der Waals surface area contributed by atoms with Crippen LogP contribution in [0.2, 0.25) is 0 Å². The van der Waals surface area contributed by atoms with Crippen molar-refractivity contribution >= 4 is 11.7 Å². The molecule has 106 valence electrons. The third kappa shape index (κ3) is 3.04. The molecule has 1 saturated carbocycles. The number of ether oxygens (including phenoxy) is 2. The average molecular weight is 274 g/mol. The van der Waals surface area contributed by atoms with Crippen LogP contribution in [0.15, 0.2) is 30.5 Å². The molecule has 0 unspecified atom stereocenters. The Morgan fingerprint density at radius 2 is 2.00 bits per heavy atom. The SMILES string of the molecule is O=C(N/C=C/C1CCCC1)Nc1ccc2c(c1)OCO2. The Balaban J connectivity index is 1.51. The maximum atomic E-state index is 11.7. The molecule has 2 aliphatic rings. The highest BCUT2D eigenvalue weighted by molar-refractivity contribution is 5.90. The van der Waals surface area contributed by atoms with Crippen molar-refractivity contribution in [3.63, 3.8) is 0 Å². The first-order valence-electron chi connectivity index (χ1n) is 6.95. The molecule has 0 atom stereocenters. The number of rotatable bonds is 3. The number of carbonyl (C=O) groups is 1. The van der Waals surface area contributed by atoms with Crippen LogP contribution in [0.5, 0.6) is 11.5 Å². The monoisotopic (exact) mass is 274 g/mol.